The molecule has 0 saturated carbocycles. The van der Waals surface area contributed by atoms with Crippen LogP contribution in [0.25, 0.3) is 49.9 Å². The first-order valence-electron chi connectivity index (χ1n) is 26.7. The zero-order valence-corrected chi connectivity index (χ0v) is 36.2. The fourth-order valence-electron chi connectivity index (χ4n) is 8.96. The number of aromatic nitrogens is 2. The third-order valence-corrected chi connectivity index (χ3v) is 11.8. The average Bonchev–Trinajstić information content (AvgIpc) is 3.93. The lowest BCUT2D eigenvalue weighted by molar-refractivity contribution is 0.483. The quantitative estimate of drug-likeness (QED) is 0.130. The first-order valence-corrected chi connectivity index (χ1v) is 21.7. The molecule has 312 valence electrons. The second kappa shape index (κ2) is 16.6. The predicted octanol–water partition coefficient (Wildman–Crippen LogP) is 15.8. The lowest BCUT2D eigenvalue weighted by Crippen LogP contribution is -2.24. The van der Waals surface area contributed by atoms with Gasteiger partial charge in [0.05, 0.1) is 41.8 Å². The zero-order valence-electron chi connectivity index (χ0n) is 46.2. The van der Waals surface area contributed by atoms with Gasteiger partial charge in [-0.05, 0) is 101 Å². The van der Waals surface area contributed by atoms with Crippen molar-refractivity contribution >= 4 is 44.6 Å². The van der Waals surface area contributed by atoms with Gasteiger partial charge in [0.15, 0.2) is 0 Å². The monoisotopic (exact) mass is 832 g/mol. The minimum absolute atomic E-state index is 0.0850. The van der Waals surface area contributed by atoms with Crippen LogP contribution in [0.15, 0.2) is 176 Å². The normalized spacial score (nSPS) is 14.9. The van der Waals surface area contributed by atoms with Crippen LogP contribution in [0.4, 0.5) is 22.7 Å². The van der Waals surface area contributed by atoms with Gasteiger partial charge in [-0.1, -0.05) is 150 Å². The number of hydrogen-bond donors (Lipinski definition) is 0. The fraction of sp³-hybridized carbons (Fsp3) is 0.190. The lowest BCUT2D eigenvalue weighted by atomic mass is 9.88. The van der Waals surface area contributed by atoms with E-state index >= 15 is 0 Å². The molecule has 0 saturated heterocycles. The molecular weight excluding hydrogens is 769 g/mol. The van der Waals surface area contributed by atoms with E-state index in [1.54, 1.807) is 18.2 Å². The maximum absolute atomic E-state index is 9.06. The number of pyridine rings is 1. The van der Waals surface area contributed by atoms with Gasteiger partial charge in [-0.25, -0.2) is 4.98 Å². The van der Waals surface area contributed by atoms with Crippen LogP contribution in [0.2, 0.25) is 0 Å². The van der Waals surface area contributed by atoms with Gasteiger partial charge in [0, 0.05) is 45.9 Å². The van der Waals surface area contributed by atoms with E-state index in [4.69, 9.17) is 23.4 Å². The molecule has 0 atom stereocenters. The van der Waals surface area contributed by atoms with Crippen molar-refractivity contribution in [3.05, 3.63) is 193 Å². The minimum atomic E-state index is -0.547. The van der Waals surface area contributed by atoms with Crippen molar-refractivity contribution in [2.45, 2.75) is 65.7 Å². The number of ether oxygens (including phenoxy) is 1. The summed E-state index contributed by atoms with van der Waals surface area (Å²) in [6, 6.07) is 30.5. The van der Waals surface area contributed by atoms with Crippen molar-refractivity contribution in [1.82, 2.24) is 9.55 Å². The average molecular weight is 833 g/mol. The molecule has 1 aliphatic rings. The molecule has 1 aliphatic heterocycles. The van der Waals surface area contributed by atoms with Crippen molar-refractivity contribution < 1.29 is 18.4 Å². The van der Waals surface area contributed by atoms with Crippen molar-refractivity contribution in [2.75, 3.05) is 16.5 Å². The van der Waals surface area contributed by atoms with E-state index in [-0.39, 0.29) is 34.3 Å². The van der Waals surface area contributed by atoms with E-state index in [0.29, 0.717) is 22.9 Å². The highest BCUT2D eigenvalue weighted by Gasteiger charge is 2.31. The molecule has 0 unspecified atom stereocenters. The van der Waals surface area contributed by atoms with Gasteiger partial charge >= 0.3 is 0 Å². The molecule has 2 aromatic heterocycles. The van der Waals surface area contributed by atoms with E-state index in [0.717, 1.165) is 59.3 Å². The Morgan fingerprint density at radius 1 is 0.635 bits per heavy atom. The molecule has 0 spiro atoms. The molecule has 0 N–H and O–H groups in total. The predicted molar refractivity (Wildman–Crippen MR) is 265 cm³/mol. The van der Waals surface area contributed by atoms with E-state index < -0.39 is 60.4 Å². The van der Waals surface area contributed by atoms with Gasteiger partial charge in [-0.15, -0.1) is 0 Å². The molecule has 0 bridgehead atoms. The van der Waals surface area contributed by atoms with Crippen LogP contribution in [0.3, 0.4) is 0 Å². The van der Waals surface area contributed by atoms with Gasteiger partial charge in [0.2, 0.25) is 0 Å². The highest BCUT2D eigenvalue weighted by Crippen LogP contribution is 2.50. The second-order valence-electron chi connectivity index (χ2n) is 17.1. The van der Waals surface area contributed by atoms with Crippen LogP contribution >= 0.6 is 0 Å². The molecule has 63 heavy (non-hydrogen) atoms. The minimum Gasteiger partial charge on any atom is -0.457 e. The van der Waals surface area contributed by atoms with Crippen molar-refractivity contribution in [1.29, 1.82) is 0 Å². The Morgan fingerprint density at radius 3 is 1.98 bits per heavy atom. The number of fused-ring (bicyclic) bond motifs is 4. The maximum atomic E-state index is 9.06. The van der Waals surface area contributed by atoms with Gasteiger partial charge in [0.25, 0.3) is 0 Å². The molecule has 5 heteroatoms. The Balaban J connectivity index is 1.10. The Bertz CT molecular complexity index is 3550. The summed E-state index contributed by atoms with van der Waals surface area (Å²) < 4.78 is 96.5. The molecule has 3 heterocycles. The van der Waals surface area contributed by atoms with Crippen LogP contribution in [0, 0.1) is 0 Å². The van der Waals surface area contributed by atoms with Gasteiger partial charge in [0.1, 0.15) is 24.0 Å². The van der Waals surface area contributed by atoms with Crippen LogP contribution in [-0.4, -0.2) is 16.2 Å². The molecule has 10 rings (SSSR count). The third-order valence-electron chi connectivity index (χ3n) is 11.8. The van der Waals surface area contributed by atoms with Gasteiger partial charge in [-0.3, -0.25) is 4.57 Å². The number of aryl methyl sites for hydroxylation is 2. The van der Waals surface area contributed by atoms with Crippen molar-refractivity contribution in [3.63, 3.8) is 0 Å². The molecule has 0 amide bonds. The van der Waals surface area contributed by atoms with Crippen molar-refractivity contribution in [2.24, 2.45) is 0 Å². The summed E-state index contributed by atoms with van der Waals surface area (Å²) in [5.74, 6) is 2.04. The molecule has 7 aromatic carbocycles. The molecule has 0 aliphatic carbocycles. The number of anilines is 4. The summed E-state index contributed by atoms with van der Waals surface area (Å²) in [7, 11) is 0. The molecule has 5 nitrogen and oxygen atoms in total. The second-order valence-corrected chi connectivity index (χ2v) is 17.1. The van der Waals surface area contributed by atoms with Gasteiger partial charge < -0.3 is 14.5 Å². The van der Waals surface area contributed by atoms with Gasteiger partial charge in [-0.2, -0.15) is 0 Å². The summed E-state index contributed by atoms with van der Waals surface area (Å²) >= 11 is 0. The SMILES string of the molecule is [2H]c1c([2H])c([2H])c(-c2cccc(-c3c([2H])c([2H])c([2H])c([2H])c3[2H])c2N2CN(c3cccc(Oc4ccc5c6cc(CCC)cc(CCC)c6n(-c6cc(C(C)(C)C)ccn6)c5c4)c3)c3ccccc32)c([2H])c1[2H]. The highest BCUT2D eigenvalue weighted by atomic mass is 16.5. The van der Waals surface area contributed by atoms with Crippen LogP contribution in [0.5, 0.6) is 11.5 Å². The summed E-state index contributed by atoms with van der Waals surface area (Å²) in [6.45, 7) is 11.2. The number of hydrogen-bond acceptors (Lipinski definition) is 4. The lowest BCUT2D eigenvalue weighted by Gasteiger charge is -2.27. The van der Waals surface area contributed by atoms with Crippen molar-refractivity contribution in [3.8, 4) is 39.6 Å². The molecular formula is C58H54N4O. The van der Waals surface area contributed by atoms with E-state index in [1.165, 1.54) is 22.1 Å². The molecule has 0 fully saturated rings. The Kier molecular flexibility index (Phi) is 7.93. The first kappa shape index (κ1) is 30.0. The van der Waals surface area contributed by atoms with E-state index in [9.17, 15) is 0 Å². The Morgan fingerprint density at radius 2 is 1.30 bits per heavy atom. The molecule has 0 radical (unpaired) electrons. The van der Waals surface area contributed by atoms with Crippen LogP contribution in [0.1, 0.15) is 77.9 Å². The number of rotatable bonds is 11. The largest absolute Gasteiger partial charge is 0.457 e. The summed E-state index contributed by atoms with van der Waals surface area (Å²) in [5.41, 5.74) is 8.60. The fourth-order valence-corrected chi connectivity index (χ4v) is 8.96. The smallest absolute Gasteiger partial charge is 0.137 e. The number of para-hydroxylation sites is 3. The molecule has 9 aromatic rings. The topological polar surface area (TPSA) is 33.5 Å². The number of nitrogens with zero attached hydrogens (tertiary/aromatic N) is 4. The summed E-state index contributed by atoms with van der Waals surface area (Å²) in [5, 5.41) is 2.29. The maximum Gasteiger partial charge on any atom is 0.137 e. The Hall–Kier alpha value is -7.11. The van der Waals surface area contributed by atoms with Crippen LogP contribution < -0.4 is 14.5 Å². The first-order chi connectivity index (χ1) is 34.9. The third kappa shape index (κ3) is 7.52. The van der Waals surface area contributed by atoms with E-state index in [1.807, 2.05) is 65.7 Å². The number of benzene rings is 7. The zero-order chi connectivity index (χ0) is 51.8. The summed E-state index contributed by atoms with van der Waals surface area (Å²) in [6.07, 6.45) is 5.84. The van der Waals surface area contributed by atoms with E-state index in [2.05, 4.69) is 80.5 Å². The summed E-state index contributed by atoms with van der Waals surface area (Å²) in [4.78, 5) is 8.95. The Labute approximate surface area is 385 Å². The highest BCUT2D eigenvalue weighted by molar-refractivity contribution is 6.11. The van der Waals surface area contributed by atoms with Crippen LogP contribution in [-0.2, 0) is 18.3 Å². The standard InChI is InChI=1S/C58H54N4O/c1-6-18-40-34-43(19-7-2)56-51(35-40)50-31-30-47(38-54(50)62(56)55-36-44(32-33-59-55)58(3,4)5)63-46-25-16-24-45(37-46)60-39-61(53-29-15-14-28-52(53)60)57-48(41-20-10-8-11-21-41)26-17-27-49(57)42-22-12-9-13-23-42/h8-17,20-38H,6-7,18-19,39H2,1-5H3/i8D,9D,10D,11D,12D,13D,20D,21D,22D,23D.